The second kappa shape index (κ2) is 7.60. The van der Waals surface area contributed by atoms with Gasteiger partial charge in [-0.3, -0.25) is 0 Å². The molecule has 0 rings (SSSR count). The lowest BCUT2D eigenvalue weighted by molar-refractivity contribution is -0.183. The number of hydrogen-bond donors (Lipinski definition) is 0. The van der Waals surface area contributed by atoms with E-state index in [4.69, 9.17) is 4.74 Å². The molecule has 0 aromatic carbocycles. The van der Waals surface area contributed by atoms with E-state index in [1.807, 2.05) is 0 Å². The minimum absolute atomic E-state index is 0.00951. The minimum atomic E-state index is -4.55. The Morgan fingerprint density at radius 3 is 2.21 bits per heavy atom. The summed E-state index contributed by atoms with van der Waals surface area (Å²) < 4.78 is 44.1. The van der Waals surface area contributed by atoms with Crippen LogP contribution in [0.2, 0.25) is 0 Å². The molecule has 0 saturated heterocycles. The molecule has 4 nitrogen and oxygen atoms in total. The van der Waals surface area contributed by atoms with Crippen LogP contribution in [-0.2, 0) is 19.1 Å². The van der Waals surface area contributed by atoms with Crippen LogP contribution < -0.4 is 0 Å². The number of rotatable bonds is 6. The van der Waals surface area contributed by atoms with Crippen LogP contribution in [0.5, 0.6) is 0 Å². The molecule has 0 fully saturated rings. The zero-order valence-electron chi connectivity index (χ0n) is 10.7. The Morgan fingerprint density at radius 2 is 1.74 bits per heavy atom. The van der Waals surface area contributed by atoms with Gasteiger partial charge in [0.15, 0.2) is 6.61 Å². The predicted molar refractivity (Wildman–Crippen MR) is 61.2 cm³/mol. The number of esters is 2. The summed E-state index contributed by atoms with van der Waals surface area (Å²) in [6.45, 7) is 4.56. The molecule has 0 spiro atoms. The molecule has 0 radical (unpaired) electrons. The Balaban J connectivity index is 4.03. The maximum atomic E-state index is 11.8. The van der Waals surface area contributed by atoms with Crippen molar-refractivity contribution in [2.24, 2.45) is 0 Å². The molecule has 0 aliphatic rings. The van der Waals surface area contributed by atoms with Gasteiger partial charge in [0.25, 0.3) is 0 Å². The highest BCUT2D eigenvalue weighted by Gasteiger charge is 2.29. The average molecular weight is 280 g/mol. The van der Waals surface area contributed by atoms with Crippen molar-refractivity contribution >= 4 is 11.9 Å². The lowest BCUT2D eigenvalue weighted by Gasteiger charge is -2.08. The third kappa shape index (κ3) is 8.87. The fourth-order valence-corrected chi connectivity index (χ4v) is 0.895. The molecule has 19 heavy (non-hydrogen) atoms. The van der Waals surface area contributed by atoms with Crippen LogP contribution >= 0.6 is 0 Å². The summed E-state index contributed by atoms with van der Waals surface area (Å²) in [5, 5.41) is 0. The lowest BCUT2D eigenvalue weighted by atomic mass is 10.2. The van der Waals surface area contributed by atoms with E-state index in [1.54, 1.807) is 0 Å². The molecule has 0 bridgehead atoms. The van der Waals surface area contributed by atoms with Crippen molar-refractivity contribution in [1.82, 2.24) is 0 Å². The third-order valence-corrected chi connectivity index (χ3v) is 1.84. The first kappa shape index (κ1) is 17.2. The van der Waals surface area contributed by atoms with Crippen molar-refractivity contribution in [2.75, 3.05) is 13.2 Å². The topological polar surface area (TPSA) is 52.6 Å². The number of carbonyl (C=O) groups is 2. The standard InChI is InChI=1S/C12H15F3O4/c1-8(2)10(16)18-6-4-5-9(3)11(17)19-7-12(13,14)15/h5H,1,4,6-7H2,2-3H3. The van der Waals surface area contributed by atoms with Gasteiger partial charge in [0.05, 0.1) is 6.61 Å². The molecule has 108 valence electrons. The van der Waals surface area contributed by atoms with Gasteiger partial charge in [-0.15, -0.1) is 0 Å². The summed E-state index contributed by atoms with van der Waals surface area (Å²) in [5.74, 6) is -1.62. The molecule has 0 aromatic rings. The number of hydrogen-bond acceptors (Lipinski definition) is 4. The van der Waals surface area contributed by atoms with E-state index in [0.29, 0.717) is 0 Å². The second-order valence-electron chi connectivity index (χ2n) is 3.78. The molecule has 0 aliphatic carbocycles. The first-order valence-electron chi connectivity index (χ1n) is 5.36. The summed E-state index contributed by atoms with van der Waals surface area (Å²) in [6, 6.07) is 0. The van der Waals surface area contributed by atoms with Crippen LogP contribution in [-0.4, -0.2) is 31.3 Å². The Labute approximate surface area is 108 Å². The van der Waals surface area contributed by atoms with E-state index in [0.717, 1.165) is 0 Å². The molecule has 0 unspecified atom stereocenters. The van der Waals surface area contributed by atoms with E-state index in [9.17, 15) is 22.8 Å². The number of ether oxygens (including phenoxy) is 2. The summed E-state index contributed by atoms with van der Waals surface area (Å²) in [7, 11) is 0. The zero-order valence-corrected chi connectivity index (χ0v) is 10.7. The van der Waals surface area contributed by atoms with Crippen LogP contribution in [0, 0.1) is 0 Å². The smallest absolute Gasteiger partial charge is 0.422 e. The largest absolute Gasteiger partial charge is 0.462 e. The van der Waals surface area contributed by atoms with Crippen molar-refractivity contribution in [2.45, 2.75) is 26.4 Å². The highest BCUT2D eigenvalue weighted by Crippen LogP contribution is 2.15. The fourth-order valence-electron chi connectivity index (χ4n) is 0.895. The molecule has 0 aromatic heterocycles. The summed E-state index contributed by atoms with van der Waals surface area (Å²) in [6.07, 6.45) is -3.01. The van der Waals surface area contributed by atoms with Gasteiger partial charge < -0.3 is 9.47 Å². The van der Waals surface area contributed by atoms with Gasteiger partial charge >= 0.3 is 18.1 Å². The van der Waals surface area contributed by atoms with Gasteiger partial charge in [-0.25, -0.2) is 9.59 Å². The van der Waals surface area contributed by atoms with E-state index >= 15 is 0 Å². The van der Waals surface area contributed by atoms with Crippen LogP contribution in [0.15, 0.2) is 23.8 Å². The van der Waals surface area contributed by atoms with Crippen molar-refractivity contribution < 1.29 is 32.2 Å². The maximum Gasteiger partial charge on any atom is 0.422 e. The first-order chi connectivity index (χ1) is 8.63. The van der Waals surface area contributed by atoms with E-state index in [1.165, 1.54) is 19.9 Å². The summed E-state index contributed by atoms with van der Waals surface area (Å²) in [4.78, 5) is 22.1. The minimum Gasteiger partial charge on any atom is -0.462 e. The van der Waals surface area contributed by atoms with Gasteiger partial charge in [0.2, 0.25) is 0 Å². The van der Waals surface area contributed by atoms with Gasteiger partial charge in [-0.05, 0) is 13.8 Å². The molecule has 0 aliphatic heterocycles. The Morgan fingerprint density at radius 1 is 1.16 bits per heavy atom. The second-order valence-corrected chi connectivity index (χ2v) is 3.78. The van der Waals surface area contributed by atoms with Crippen molar-refractivity contribution in [3.05, 3.63) is 23.8 Å². The van der Waals surface area contributed by atoms with E-state index < -0.39 is 24.7 Å². The fraction of sp³-hybridized carbons (Fsp3) is 0.500. The average Bonchev–Trinajstić information content (AvgIpc) is 2.29. The molecule has 0 N–H and O–H groups in total. The maximum absolute atomic E-state index is 11.8. The first-order valence-corrected chi connectivity index (χ1v) is 5.36. The highest BCUT2D eigenvalue weighted by molar-refractivity contribution is 5.88. The van der Waals surface area contributed by atoms with Crippen LogP contribution in [0.25, 0.3) is 0 Å². The highest BCUT2D eigenvalue weighted by atomic mass is 19.4. The van der Waals surface area contributed by atoms with Crippen LogP contribution in [0.4, 0.5) is 13.2 Å². The molecule has 0 heterocycles. The van der Waals surface area contributed by atoms with Crippen molar-refractivity contribution in [3.63, 3.8) is 0 Å². The van der Waals surface area contributed by atoms with Gasteiger partial charge in [0.1, 0.15) is 0 Å². The Kier molecular flexibility index (Phi) is 6.89. The Bertz CT molecular complexity index is 383. The van der Waals surface area contributed by atoms with Crippen LogP contribution in [0.3, 0.4) is 0 Å². The number of alkyl halides is 3. The van der Waals surface area contributed by atoms with Crippen LogP contribution in [0.1, 0.15) is 20.3 Å². The molecular formula is C12H15F3O4. The quantitative estimate of drug-likeness (QED) is 0.426. The number of halogens is 3. The number of carbonyl (C=O) groups excluding carboxylic acids is 2. The third-order valence-electron chi connectivity index (χ3n) is 1.84. The summed E-state index contributed by atoms with van der Waals surface area (Å²) in [5.41, 5.74) is 0.265. The monoisotopic (exact) mass is 280 g/mol. The lowest BCUT2D eigenvalue weighted by Crippen LogP contribution is -2.20. The van der Waals surface area contributed by atoms with Gasteiger partial charge in [-0.2, -0.15) is 13.2 Å². The normalized spacial score (nSPS) is 11.9. The van der Waals surface area contributed by atoms with Crippen molar-refractivity contribution in [3.8, 4) is 0 Å². The molecule has 0 saturated carbocycles. The van der Waals surface area contributed by atoms with Crippen molar-refractivity contribution in [1.29, 1.82) is 0 Å². The molecular weight excluding hydrogens is 265 g/mol. The zero-order chi connectivity index (χ0) is 15.1. The van der Waals surface area contributed by atoms with Gasteiger partial charge in [-0.1, -0.05) is 12.7 Å². The molecule has 7 heteroatoms. The van der Waals surface area contributed by atoms with E-state index in [-0.39, 0.29) is 24.2 Å². The SMILES string of the molecule is C=C(C)C(=O)OCCC=C(C)C(=O)OCC(F)(F)F. The van der Waals surface area contributed by atoms with Gasteiger partial charge in [0, 0.05) is 17.6 Å². The summed E-state index contributed by atoms with van der Waals surface area (Å²) >= 11 is 0. The molecule has 0 amide bonds. The molecule has 0 atom stereocenters. The van der Waals surface area contributed by atoms with E-state index in [2.05, 4.69) is 11.3 Å². The predicted octanol–water partition coefficient (Wildman–Crippen LogP) is 2.55. The Hall–Kier alpha value is -1.79.